The maximum absolute atomic E-state index is 12.5. The summed E-state index contributed by atoms with van der Waals surface area (Å²) in [6, 6.07) is 1.62. The average Bonchev–Trinajstić information content (AvgIpc) is 2.93. The Morgan fingerprint density at radius 1 is 1.38 bits per heavy atom. The third kappa shape index (κ3) is 3.06. The lowest BCUT2D eigenvalue weighted by Gasteiger charge is -2.14. The molecular formula is C11H12F3NO4S2. The molecule has 0 amide bonds. The molecule has 21 heavy (non-hydrogen) atoms. The number of rotatable bonds is 3. The highest BCUT2D eigenvalue weighted by molar-refractivity contribution is 7.91. The molecule has 2 atom stereocenters. The van der Waals surface area contributed by atoms with Crippen LogP contribution >= 0.6 is 11.3 Å². The van der Waals surface area contributed by atoms with Crippen molar-refractivity contribution in [3.63, 3.8) is 0 Å². The monoisotopic (exact) mass is 343 g/mol. The highest BCUT2D eigenvalue weighted by Crippen LogP contribution is 2.38. The molecule has 0 saturated carbocycles. The van der Waals surface area contributed by atoms with E-state index in [1.807, 2.05) is 0 Å². The summed E-state index contributed by atoms with van der Waals surface area (Å²) in [6.07, 6.45) is -4.60. The summed E-state index contributed by atoms with van der Waals surface area (Å²) in [5, 5.41) is 8.98. The van der Waals surface area contributed by atoms with Crippen LogP contribution < -0.4 is 0 Å². The Labute approximate surface area is 123 Å². The molecule has 0 radical (unpaired) electrons. The molecule has 0 aliphatic carbocycles. The van der Waals surface area contributed by atoms with Crippen LogP contribution in [0.15, 0.2) is 16.3 Å². The maximum Gasteiger partial charge on any atom is 0.425 e. The Hall–Kier alpha value is -1.13. The van der Waals surface area contributed by atoms with Crippen molar-refractivity contribution >= 4 is 27.3 Å². The van der Waals surface area contributed by atoms with Gasteiger partial charge in [0.2, 0.25) is 0 Å². The molecule has 2 heterocycles. The molecule has 0 spiro atoms. The van der Waals surface area contributed by atoms with Crippen LogP contribution in [0.3, 0.4) is 0 Å². The van der Waals surface area contributed by atoms with E-state index in [-0.39, 0.29) is 30.3 Å². The Balaban J connectivity index is 2.27. The van der Waals surface area contributed by atoms with Crippen LogP contribution in [0.25, 0.3) is 0 Å². The van der Waals surface area contributed by atoms with Gasteiger partial charge < -0.3 is 5.11 Å². The van der Waals surface area contributed by atoms with E-state index in [1.54, 1.807) is 6.92 Å². The molecule has 10 heteroatoms. The molecule has 1 N–H and O–H groups in total. The number of hydrogen-bond donors (Lipinski definition) is 1. The molecule has 0 unspecified atom stereocenters. The lowest BCUT2D eigenvalue weighted by molar-refractivity contribution is -0.142. The number of aliphatic carboxylic acids is 1. The summed E-state index contributed by atoms with van der Waals surface area (Å²) in [4.78, 5) is 9.99. The van der Waals surface area contributed by atoms with E-state index in [0.717, 1.165) is 10.4 Å². The molecule has 118 valence electrons. The number of alkyl halides is 3. The van der Waals surface area contributed by atoms with Crippen molar-refractivity contribution in [2.24, 2.45) is 11.8 Å². The summed E-state index contributed by atoms with van der Waals surface area (Å²) < 4.78 is 62.6. The molecular weight excluding hydrogens is 331 g/mol. The normalized spacial score (nSPS) is 24.4. The van der Waals surface area contributed by atoms with Crippen molar-refractivity contribution in [3.05, 3.63) is 17.0 Å². The zero-order valence-corrected chi connectivity index (χ0v) is 12.4. The molecule has 1 aliphatic rings. The van der Waals surface area contributed by atoms with E-state index in [1.165, 1.54) is 0 Å². The van der Waals surface area contributed by atoms with Gasteiger partial charge in [-0.25, -0.2) is 8.42 Å². The van der Waals surface area contributed by atoms with Gasteiger partial charge in [0, 0.05) is 13.1 Å². The van der Waals surface area contributed by atoms with Crippen LogP contribution in [-0.2, 0) is 21.0 Å². The Morgan fingerprint density at radius 3 is 2.43 bits per heavy atom. The Kier molecular flexibility index (Phi) is 4.06. The van der Waals surface area contributed by atoms with Crippen molar-refractivity contribution < 1.29 is 31.5 Å². The molecule has 1 aromatic rings. The number of carbonyl (C=O) groups is 1. The van der Waals surface area contributed by atoms with E-state index < -0.39 is 37.2 Å². The maximum atomic E-state index is 12.5. The second-order valence-electron chi connectivity index (χ2n) is 4.86. The summed E-state index contributed by atoms with van der Waals surface area (Å²) in [5.41, 5.74) is 0. The van der Waals surface area contributed by atoms with Crippen LogP contribution in [0.1, 0.15) is 11.8 Å². The van der Waals surface area contributed by atoms with E-state index in [9.17, 15) is 26.4 Å². The number of thiophene rings is 1. The number of nitrogens with zero attached hydrogens (tertiary/aromatic N) is 1. The Morgan fingerprint density at radius 2 is 2.00 bits per heavy atom. The highest BCUT2D eigenvalue weighted by atomic mass is 32.2. The first kappa shape index (κ1) is 16.2. The minimum atomic E-state index is -4.60. The quantitative estimate of drug-likeness (QED) is 0.912. The summed E-state index contributed by atoms with van der Waals surface area (Å²) >= 11 is 0.142. The van der Waals surface area contributed by atoms with Crippen molar-refractivity contribution in [1.29, 1.82) is 0 Å². The zero-order chi connectivity index (χ0) is 16.0. The van der Waals surface area contributed by atoms with Gasteiger partial charge in [0.05, 0.1) is 5.92 Å². The number of carboxylic acid groups (broad SMARTS) is 1. The van der Waals surface area contributed by atoms with Gasteiger partial charge in [-0.1, -0.05) is 6.92 Å². The molecule has 1 aliphatic heterocycles. The minimum absolute atomic E-state index is 0.0153. The molecule has 0 bridgehead atoms. The van der Waals surface area contributed by atoms with Gasteiger partial charge >= 0.3 is 12.1 Å². The third-order valence-electron chi connectivity index (χ3n) is 3.35. The average molecular weight is 343 g/mol. The minimum Gasteiger partial charge on any atom is -0.481 e. The van der Waals surface area contributed by atoms with E-state index in [0.29, 0.717) is 6.07 Å². The smallest absolute Gasteiger partial charge is 0.425 e. The van der Waals surface area contributed by atoms with Gasteiger partial charge in [-0.15, -0.1) is 11.3 Å². The fraction of sp³-hybridized carbons (Fsp3) is 0.545. The predicted molar refractivity (Wildman–Crippen MR) is 68.4 cm³/mol. The standard InChI is InChI=1S/C11H12F3NO4S2/c1-6-4-15(5-7(6)10(16)17)21(18,19)9-3-2-8(20-9)11(12,13)14/h2-3,6-7H,4-5H2,1H3,(H,16,17)/t6-,7-/m1/s1. The fourth-order valence-corrected chi connectivity index (χ4v) is 5.07. The Bertz CT molecular complexity index is 653. The van der Waals surface area contributed by atoms with Crippen LogP contribution in [0, 0.1) is 11.8 Å². The molecule has 1 fully saturated rings. The third-order valence-corrected chi connectivity index (χ3v) is 6.78. The van der Waals surface area contributed by atoms with Crippen LogP contribution in [0.5, 0.6) is 0 Å². The first-order valence-corrected chi connectivity index (χ1v) is 8.19. The van der Waals surface area contributed by atoms with Crippen LogP contribution in [-0.4, -0.2) is 36.9 Å². The van der Waals surface area contributed by atoms with E-state index in [4.69, 9.17) is 5.11 Å². The van der Waals surface area contributed by atoms with Gasteiger partial charge in [0.25, 0.3) is 10.0 Å². The van der Waals surface area contributed by atoms with Gasteiger partial charge in [-0.3, -0.25) is 4.79 Å². The molecule has 2 rings (SSSR count). The summed E-state index contributed by atoms with van der Waals surface area (Å²) in [5.74, 6) is -2.34. The van der Waals surface area contributed by atoms with Gasteiger partial charge in [-0.05, 0) is 18.1 Å². The van der Waals surface area contributed by atoms with Crippen LogP contribution in [0.2, 0.25) is 0 Å². The zero-order valence-electron chi connectivity index (χ0n) is 10.8. The van der Waals surface area contributed by atoms with Crippen molar-refractivity contribution in [2.75, 3.05) is 13.1 Å². The number of sulfonamides is 1. The molecule has 0 aromatic carbocycles. The fourth-order valence-electron chi connectivity index (χ4n) is 2.18. The number of halogens is 3. The summed E-state index contributed by atoms with van der Waals surface area (Å²) in [6.45, 7) is 1.36. The highest BCUT2D eigenvalue weighted by Gasteiger charge is 2.42. The summed E-state index contributed by atoms with van der Waals surface area (Å²) in [7, 11) is -4.09. The molecule has 1 saturated heterocycles. The predicted octanol–water partition coefficient (Wildman–Crippen LogP) is 2.11. The van der Waals surface area contributed by atoms with E-state index in [2.05, 4.69) is 0 Å². The first-order valence-electron chi connectivity index (χ1n) is 5.93. The first-order chi connectivity index (χ1) is 9.53. The number of hydrogen-bond acceptors (Lipinski definition) is 4. The molecule has 1 aromatic heterocycles. The van der Waals surface area contributed by atoms with Crippen LogP contribution in [0.4, 0.5) is 13.2 Å². The lowest BCUT2D eigenvalue weighted by Crippen LogP contribution is -2.29. The largest absolute Gasteiger partial charge is 0.481 e. The topological polar surface area (TPSA) is 74.7 Å². The van der Waals surface area contributed by atoms with Gasteiger partial charge in [-0.2, -0.15) is 17.5 Å². The van der Waals surface area contributed by atoms with Crippen molar-refractivity contribution in [1.82, 2.24) is 4.31 Å². The van der Waals surface area contributed by atoms with E-state index >= 15 is 0 Å². The van der Waals surface area contributed by atoms with Crippen molar-refractivity contribution in [3.8, 4) is 0 Å². The van der Waals surface area contributed by atoms with Crippen molar-refractivity contribution in [2.45, 2.75) is 17.3 Å². The molecule has 5 nitrogen and oxygen atoms in total. The van der Waals surface area contributed by atoms with Gasteiger partial charge in [0.1, 0.15) is 9.09 Å². The van der Waals surface area contributed by atoms with Gasteiger partial charge in [0.15, 0.2) is 0 Å². The second-order valence-corrected chi connectivity index (χ2v) is 8.11. The number of carboxylic acids is 1. The lowest BCUT2D eigenvalue weighted by atomic mass is 9.99. The second kappa shape index (κ2) is 5.25. The SMILES string of the molecule is C[C@@H]1CN(S(=O)(=O)c2ccc(C(F)(F)F)s2)C[C@H]1C(=O)O.